The summed E-state index contributed by atoms with van der Waals surface area (Å²) in [5.41, 5.74) is 7.83. The molecule has 0 saturated carbocycles. The fraction of sp³-hybridized carbons (Fsp3) is 0.100. The van der Waals surface area contributed by atoms with Crippen LogP contribution < -0.4 is 11.2 Å². The van der Waals surface area contributed by atoms with Gasteiger partial charge in [-0.2, -0.15) is 5.10 Å². The second-order valence-corrected chi connectivity index (χ2v) is 3.78. The molecule has 0 aromatic carbocycles. The molecule has 100 valence electrons. The Morgan fingerprint density at radius 2 is 2.28 bits per heavy atom. The van der Waals surface area contributed by atoms with E-state index in [1.807, 2.05) is 0 Å². The van der Waals surface area contributed by atoms with Gasteiger partial charge >= 0.3 is 5.97 Å². The van der Waals surface area contributed by atoms with E-state index >= 15 is 0 Å². The molecule has 0 aromatic heterocycles. The summed E-state index contributed by atoms with van der Waals surface area (Å²) in [7, 11) is 0. The zero-order valence-electron chi connectivity index (χ0n) is 9.32. The maximum Gasteiger partial charge on any atom is 0.339 e. The van der Waals surface area contributed by atoms with Gasteiger partial charge in [-0.1, -0.05) is 17.8 Å². The second kappa shape index (κ2) is 7.73. The van der Waals surface area contributed by atoms with E-state index in [1.165, 1.54) is 36.2 Å². The van der Waals surface area contributed by atoms with Crippen LogP contribution in [0, 0.1) is 0 Å². The van der Waals surface area contributed by atoms with Gasteiger partial charge in [-0.3, -0.25) is 10.2 Å². The largest absolute Gasteiger partial charge is 0.478 e. The molecule has 0 spiro atoms. The van der Waals surface area contributed by atoms with Crippen molar-refractivity contribution >= 4 is 28.7 Å². The zero-order chi connectivity index (χ0) is 12.8. The number of carboxylic acid groups (broad SMARTS) is 1. The number of ketones is 1. The average Bonchev–Trinajstić information content (AvgIpc) is 2.30. The summed E-state index contributed by atoms with van der Waals surface area (Å²) in [5, 5.41) is 12.8. The van der Waals surface area contributed by atoms with Crippen molar-refractivity contribution in [3.8, 4) is 0 Å². The zero-order valence-corrected chi connectivity index (χ0v) is 11.1. The van der Waals surface area contributed by atoms with Gasteiger partial charge in [0.25, 0.3) is 0 Å². The fourth-order valence-electron chi connectivity index (χ4n) is 1.05. The number of hydrogen-bond donors (Lipinski definition) is 3. The number of nitrogens with one attached hydrogen (secondary N) is 1. The van der Waals surface area contributed by atoms with Gasteiger partial charge in [-0.05, 0) is 18.4 Å². The van der Waals surface area contributed by atoms with Gasteiger partial charge in [-0.15, -0.1) is 0 Å². The van der Waals surface area contributed by atoms with Crippen LogP contribution in [-0.2, 0) is 26.1 Å². The standard InChI is InChI=1S/C10H11N3O3S.Ni/c1-17-10(11)13-12-5-6-3-2-4-7(8(6)14)9(15)16;/h2-5,12H,1H3,(H2,11,13)(H,15,16);. The number of allylic oxidation sites excluding steroid dienone is 4. The van der Waals surface area contributed by atoms with Gasteiger partial charge in [-0.25, -0.2) is 4.79 Å². The maximum absolute atomic E-state index is 11.6. The second-order valence-electron chi connectivity index (χ2n) is 2.96. The Morgan fingerprint density at radius 3 is 2.83 bits per heavy atom. The number of carboxylic acids is 1. The van der Waals surface area contributed by atoms with E-state index in [4.69, 9.17) is 10.8 Å². The van der Waals surface area contributed by atoms with E-state index < -0.39 is 11.8 Å². The molecule has 8 heteroatoms. The molecule has 1 rings (SSSR count). The molecule has 0 saturated heterocycles. The molecule has 0 aromatic rings. The van der Waals surface area contributed by atoms with Crippen LogP contribution in [0.5, 0.6) is 0 Å². The number of amidine groups is 1. The smallest absolute Gasteiger partial charge is 0.339 e. The predicted molar refractivity (Wildman–Crippen MR) is 66.2 cm³/mol. The molecule has 0 radical (unpaired) electrons. The monoisotopic (exact) mass is 311 g/mol. The minimum Gasteiger partial charge on any atom is -0.478 e. The molecule has 0 bridgehead atoms. The Morgan fingerprint density at radius 1 is 1.61 bits per heavy atom. The van der Waals surface area contributed by atoms with Gasteiger partial charge in [0.15, 0.2) is 5.17 Å². The van der Waals surface area contributed by atoms with Crippen LogP contribution >= 0.6 is 11.8 Å². The molecule has 0 aliphatic heterocycles. The Hall–Kier alpha value is -1.53. The molecule has 0 amide bonds. The van der Waals surface area contributed by atoms with Gasteiger partial charge in [0, 0.05) is 28.3 Å². The van der Waals surface area contributed by atoms with Crippen molar-refractivity contribution < 1.29 is 31.2 Å². The van der Waals surface area contributed by atoms with Crippen molar-refractivity contribution in [3.63, 3.8) is 0 Å². The number of nitrogens with zero attached hydrogens (tertiary/aromatic N) is 1. The number of hydrazone groups is 1. The predicted octanol–water partition coefficient (Wildman–Crippen LogP) is 0.200. The Labute approximate surface area is 118 Å². The Balaban J connectivity index is 0.00000289. The van der Waals surface area contributed by atoms with Gasteiger partial charge in [0.2, 0.25) is 5.78 Å². The number of thioether (sulfide) groups is 1. The van der Waals surface area contributed by atoms with Crippen molar-refractivity contribution in [1.82, 2.24) is 5.43 Å². The van der Waals surface area contributed by atoms with Crippen LogP contribution in [0.3, 0.4) is 0 Å². The van der Waals surface area contributed by atoms with Crippen molar-refractivity contribution in [1.29, 1.82) is 0 Å². The van der Waals surface area contributed by atoms with E-state index in [1.54, 1.807) is 6.26 Å². The third-order valence-electron chi connectivity index (χ3n) is 1.88. The van der Waals surface area contributed by atoms with E-state index in [-0.39, 0.29) is 27.6 Å². The van der Waals surface area contributed by atoms with Crippen LogP contribution in [0.15, 0.2) is 40.7 Å². The number of nitrogens with two attached hydrogens (primary N) is 1. The van der Waals surface area contributed by atoms with Crippen molar-refractivity contribution in [3.05, 3.63) is 35.6 Å². The average molecular weight is 312 g/mol. The van der Waals surface area contributed by atoms with Gasteiger partial charge in [0.1, 0.15) is 5.57 Å². The molecule has 4 N–H and O–H groups in total. The molecule has 18 heavy (non-hydrogen) atoms. The minimum absolute atomic E-state index is 0. The third kappa shape index (κ3) is 4.39. The first-order chi connectivity index (χ1) is 8.06. The minimum atomic E-state index is -1.25. The van der Waals surface area contributed by atoms with Crippen molar-refractivity contribution in [2.24, 2.45) is 10.8 Å². The SMILES string of the molecule is CSC(N)=NNC=C1C=CC=C(C(=O)O)C1=O.[Ni]. The van der Waals surface area contributed by atoms with Crippen LogP contribution in [-0.4, -0.2) is 28.3 Å². The van der Waals surface area contributed by atoms with E-state index in [0.29, 0.717) is 5.17 Å². The number of hydrogen-bond acceptors (Lipinski definition) is 5. The van der Waals surface area contributed by atoms with Crippen molar-refractivity contribution in [2.45, 2.75) is 0 Å². The first-order valence-corrected chi connectivity index (χ1v) is 5.78. The summed E-state index contributed by atoms with van der Waals surface area (Å²) in [4.78, 5) is 22.3. The summed E-state index contributed by atoms with van der Waals surface area (Å²) < 4.78 is 0. The van der Waals surface area contributed by atoms with E-state index in [9.17, 15) is 9.59 Å². The summed E-state index contributed by atoms with van der Waals surface area (Å²) in [6.07, 6.45) is 7.29. The van der Waals surface area contributed by atoms with Gasteiger partial charge < -0.3 is 10.8 Å². The summed E-state index contributed by atoms with van der Waals surface area (Å²) >= 11 is 1.25. The first-order valence-electron chi connectivity index (χ1n) is 4.55. The third-order valence-corrected chi connectivity index (χ3v) is 2.39. The summed E-state index contributed by atoms with van der Waals surface area (Å²) in [5.74, 6) is -1.82. The summed E-state index contributed by atoms with van der Waals surface area (Å²) in [6, 6.07) is 0. The molecular weight excluding hydrogens is 301 g/mol. The Kier molecular flexibility index (Phi) is 7.08. The number of rotatable bonds is 3. The van der Waals surface area contributed by atoms with Crippen LogP contribution in [0.2, 0.25) is 0 Å². The maximum atomic E-state index is 11.6. The van der Waals surface area contributed by atoms with E-state index in [2.05, 4.69) is 10.5 Å². The molecule has 0 atom stereocenters. The number of carbonyl (C=O) groups is 2. The molecule has 0 unspecified atom stereocenters. The van der Waals surface area contributed by atoms with Crippen LogP contribution in [0.25, 0.3) is 0 Å². The van der Waals surface area contributed by atoms with Crippen LogP contribution in [0.4, 0.5) is 0 Å². The molecule has 0 heterocycles. The summed E-state index contributed by atoms with van der Waals surface area (Å²) in [6.45, 7) is 0. The molecule has 1 aliphatic rings. The van der Waals surface area contributed by atoms with Crippen molar-refractivity contribution in [2.75, 3.05) is 6.26 Å². The fourth-order valence-corrected chi connectivity index (χ4v) is 1.19. The van der Waals surface area contributed by atoms with Crippen LogP contribution in [0.1, 0.15) is 0 Å². The molecular formula is C10H11N3NiO3S. The normalized spacial score (nSPS) is 17.2. The number of aliphatic carboxylic acids is 1. The van der Waals surface area contributed by atoms with E-state index in [0.717, 1.165) is 0 Å². The Bertz CT molecular complexity index is 469. The quantitative estimate of drug-likeness (QED) is 0.172. The van der Waals surface area contributed by atoms with Gasteiger partial charge in [0.05, 0.1) is 0 Å². The topological polar surface area (TPSA) is 105 Å². The number of Topliss-reactive ketones (excluding diaryl/α,β-unsaturated/α-hetero) is 1. The molecule has 1 aliphatic carbocycles. The molecule has 6 nitrogen and oxygen atoms in total. The first kappa shape index (κ1) is 16.5. The number of carbonyl (C=O) groups excluding carboxylic acids is 1. The molecule has 0 fully saturated rings.